The molecule has 0 radical (unpaired) electrons. The van der Waals surface area contributed by atoms with Crippen molar-refractivity contribution in [2.75, 3.05) is 11.9 Å². The van der Waals surface area contributed by atoms with Crippen LogP contribution in [-0.2, 0) is 9.59 Å². The molecule has 0 saturated heterocycles. The highest BCUT2D eigenvalue weighted by Crippen LogP contribution is 2.13. The van der Waals surface area contributed by atoms with E-state index in [1.165, 1.54) is 0 Å². The van der Waals surface area contributed by atoms with Crippen molar-refractivity contribution in [3.8, 4) is 0 Å². The van der Waals surface area contributed by atoms with Crippen LogP contribution in [0.1, 0.15) is 25.0 Å². The van der Waals surface area contributed by atoms with E-state index in [-0.39, 0.29) is 24.3 Å². The first-order chi connectivity index (χ1) is 8.38. The minimum absolute atomic E-state index is 0.00397. The lowest BCUT2D eigenvalue weighted by atomic mass is 10.1. The van der Waals surface area contributed by atoms with Crippen molar-refractivity contribution < 1.29 is 9.59 Å². The standard InChI is InChI=1S/C14H20N2O2/c1-9(2)14(18)15-8-13(17)16-12-6-10(3)5-11(4)7-12/h5-7,9H,8H2,1-4H3,(H,15,18)(H,16,17). The van der Waals surface area contributed by atoms with Crippen molar-refractivity contribution in [1.29, 1.82) is 0 Å². The summed E-state index contributed by atoms with van der Waals surface area (Å²) in [5.41, 5.74) is 2.95. The summed E-state index contributed by atoms with van der Waals surface area (Å²) in [6, 6.07) is 5.83. The number of aryl methyl sites for hydroxylation is 2. The van der Waals surface area contributed by atoms with E-state index < -0.39 is 0 Å². The van der Waals surface area contributed by atoms with Gasteiger partial charge in [-0.2, -0.15) is 0 Å². The zero-order valence-electron chi connectivity index (χ0n) is 11.3. The highest BCUT2D eigenvalue weighted by molar-refractivity contribution is 5.94. The lowest BCUT2D eigenvalue weighted by molar-refractivity contribution is -0.126. The fourth-order valence-electron chi connectivity index (χ4n) is 1.62. The van der Waals surface area contributed by atoms with Crippen LogP contribution in [0.5, 0.6) is 0 Å². The van der Waals surface area contributed by atoms with Crippen molar-refractivity contribution in [2.24, 2.45) is 5.92 Å². The number of hydrogen-bond donors (Lipinski definition) is 2. The zero-order valence-corrected chi connectivity index (χ0v) is 11.3. The molecule has 4 nitrogen and oxygen atoms in total. The predicted octanol–water partition coefficient (Wildman–Crippen LogP) is 2.01. The van der Waals surface area contributed by atoms with Gasteiger partial charge in [0.15, 0.2) is 0 Å². The molecular weight excluding hydrogens is 228 g/mol. The van der Waals surface area contributed by atoms with Gasteiger partial charge in [-0.05, 0) is 37.1 Å². The lowest BCUT2D eigenvalue weighted by Gasteiger charge is -2.09. The highest BCUT2D eigenvalue weighted by Gasteiger charge is 2.09. The van der Waals surface area contributed by atoms with Gasteiger partial charge < -0.3 is 10.6 Å². The normalized spacial score (nSPS) is 10.3. The molecule has 0 aliphatic carbocycles. The Bertz CT molecular complexity index is 433. The number of benzene rings is 1. The number of nitrogens with one attached hydrogen (secondary N) is 2. The molecule has 98 valence electrons. The van der Waals surface area contributed by atoms with Crippen LogP contribution in [0.4, 0.5) is 5.69 Å². The van der Waals surface area contributed by atoms with E-state index in [0.717, 1.165) is 16.8 Å². The first kappa shape index (κ1) is 14.2. The van der Waals surface area contributed by atoms with E-state index in [1.807, 2.05) is 32.0 Å². The topological polar surface area (TPSA) is 58.2 Å². The smallest absolute Gasteiger partial charge is 0.243 e. The maximum Gasteiger partial charge on any atom is 0.243 e. The van der Waals surface area contributed by atoms with Gasteiger partial charge in [0, 0.05) is 11.6 Å². The molecule has 0 aliphatic rings. The van der Waals surface area contributed by atoms with Crippen LogP contribution in [-0.4, -0.2) is 18.4 Å². The lowest BCUT2D eigenvalue weighted by Crippen LogP contribution is -2.35. The van der Waals surface area contributed by atoms with Crippen LogP contribution >= 0.6 is 0 Å². The van der Waals surface area contributed by atoms with Crippen molar-refractivity contribution in [3.05, 3.63) is 29.3 Å². The second-order valence-electron chi connectivity index (χ2n) is 4.80. The quantitative estimate of drug-likeness (QED) is 0.856. The van der Waals surface area contributed by atoms with Gasteiger partial charge >= 0.3 is 0 Å². The first-order valence-corrected chi connectivity index (χ1v) is 6.04. The van der Waals surface area contributed by atoms with Gasteiger partial charge in [-0.3, -0.25) is 9.59 Å². The molecule has 0 aliphatic heterocycles. The van der Waals surface area contributed by atoms with Crippen LogP contribution < -0.4 is 10.6 Å². The second-order valence-corrected chi connectivity index (χ2v) is 4.80. The van der Waals surface area contributed by atoms with E-state index in [0.29, 0.717) is 0 Å². The fourth-order valence-corrected chi connectivity index (χ4v) is 1.62. The minimum Gasteiger partial charge on any atom is -0.347 e. The summed E-state index contributed by atoms with van der Waals surface area (Å²) < 4.78 is 0. The van der Waals surface area contributed by atoms with Crippen LogP contribution in [0.25, 0.3) is 0 Å². The molecule has 0 heterocycles. The fraction of sp³-hybridized carbons (Fsp3) is 0.429. The summed E-state index contributed by atoms with van der Waals surface area (Å²) in [7, 11) is 0. The molecule has 0 atom stereocenters. The summed E-state index contributed by atoms with van der Waals surface area (Å²) in [6.45, 7) is 7.53. The minimum atomic E-state index is -0.214. The van der Waals surface area contributed by atoms with Crippen molar-refractivity contribution in [1.82, 2.24) is 5.32 Å². The van der Waals surface area contributed by atoms with Gasteiger partial charge in [-0.15, -0.1) is 0 Å². The van der Waals surface area contributed by atoms with E-state index >= 15 is 0 Å². The number of amides is 2. The Hall–Kier alpha value is -1.84. The van der Waals surface area contributed by atoms with Crippen molar-refractivity contribution >= 4 is 17.5 Å². The molecule has 1 aromatic rings. The molecule has 4 heteroatoms. The Balaban J connectivity index is 2.52. The number of carbonyl (C=O) groups excluding carboxylic acids is 2. The van der Waals surface area contributed by atoms with Gasteiger partial charge in [-0.1, -0.05) is 19.9 Å². The van der Waals surface area contributed by atoms with Crippen LogP contribution in [0, 0.1) is 19.8 Å². The maximum absolute atomic E-state index is 11.6. The zero-order chi connectivity index (χ0) is 13.7. The summed E-state index contributed by atoms with van der Waals surface area (Å²) >= 11 is 0. The van der Waals surface area contributed by atoms with E-state index in [4.69, 9.17) is 0 Å². The molecule has 0 unspecified atom stereocenters. The number of anilines is 1. The van der Waals surface area contributed by atoms with Gasteiger partial charge in [0.05, 0.1) is 6.54 Å². The molecule has 0 fully saturated rings. The molecule has 0 bridgehead atoms. The van der Waals surface area contributed by atoms with E-state index in [9.17, 15) is 9.59 Å². The van der Waals surface area contributed by atoms with Gasteiger partial charge in [0.1, 0.15) is 0 Å². The summed E-state index contributed by atoms with van der Waals surface area (Å²) in [4.78, 5) is 23.0. The third kappa shape index (κ3) is 4.57. The Morgan fingerprint density at radius 3 is 2.17 bits per heavy atom. The van der Waals surface area contributed by atoms with Gasteiger partial charge in [0.2, 0.25) is 11.8 Å². The number of hydrogen-bond acceptors (Lipinski definition) is 2. The van der Waals surface area contributed by atoms with Crippen LogP contribution in [0.3, 0.4) is 0 Å². The Kier molecular flexibility index (Phi) is 4.89. The number of carbonyl (C=O) groups is 2. The predicted molar refractivity (Wildman–Crippen MR) is 72.4 cm³/mol. The van der Waals surface area contributed by atoms with Crippen LogP contribution in [0.15, 0.2) is 18.2 Å². The molecule has 2 amide bonds. The average molecular weight is 248 g/mol. The summed E-state index contributed by atoms with van der Waals surface area (Å²) in [5, 5.41) is 5.34. The summed E-state index contributed by atoms with van der Waals surface area (Å²) in [6.07, 6.45) is 0. The average Bonchev–Trinajstić information content (AvgIpc) is 2.24. The maximum atomic E-state index is 11.6. The van der Waals surface area contributed by atoms with Crippen molar-refractivity contribution in [2.45, 2.75) is 27.7 Å². The van der Waals surface area contributed by atoms with Gasteiger partial charge in [0.25, 0.3) is 0 Å². The Labute approximate surface area is 108 Å². The number of rotatable bonds is 4. The Morgan fingerprint density at radius 2 is 1.67 bits per heavy atom. The molecule has 18 heavy (non-hydrogen) atoms. The highest BCUT2D eigenvalue weighted by atomic mass is 16.2. The summed E-state index contributed by atoms with van der Waals surface area (Å²) in [5.74, 6) is -0.446. The van der Waals surface area contributed by atoms with E-state index in [2.05, 4.69) is 10.6 Å². The van der Waals surface area contributed by atoms with Crippen molar-refractivity contribution in [3.63, 3.8) is 0 Å². The molecule has 2 N–H and O–H groups in total. The molecule has 1 aromatic carbocycles. The Morgan fingerprint density at radius 1 is 1.11 bits per heavy atom. The monoisotopic (exact) mass is 248 g/mol. The molecular formula is C14H20N2O2. The third-order valence-electron chi connectivity index (χ3n) is 2.45. The third-order valence-corrected chi connectivity index (χ3v) is 2.45. The molecule has 0 saturated carbocycles. The largest absolute Gasteiger partial charge is 0.347 e. The van der Waals surface area contributed by atoms with E-state index in [1.54, 1.807) is 13.8 Å². The first-order valence-electron chi connectivity index (χ1n) is 6.04. The molecule has 0 aromatic heterocycles. The second kappa shape index (κ2) is 6.19. The molecule has 0 spiro atoms. The van der Waals surface area contributed by atoms with Gasteiger partial charge in [-0.25, -0.2) is 0 Å². The van der Waals surface area contributed by atoms with Crippen LogP contribution in [0.2, 0.25) is 0 Å². The molecule has 1 rings (SSSR count). The SMILES string of the molecule is Cc1cc(C)cc(NC(=O)CNC(=O)C(C)C)c1.